The molecular formula is C6H11NO. The first-order valence-corrected chi connectivity index (χ1v) is 2.58. The summed E-state index contributed by atoms with van der Waals surface area (Å²) in [5.41, 5.74) is 5.89. The fourth-order valence-electron chi connectivity index (χ4n) is 0.465. The van der Waals surface area contributed by atoms with Crippen LogP contribution in [-0.2, 0) is 4.79 Å². The number of nitrogens with two attached hydrogens (primary N) is 1. The van der Waals surface area contributed by atoms with Crippen molar-refractivity contribution in [2.45, 2.75) is 13.8 Å². The Morgan fingerprint density at radius 1 is 1.75 bits per heavy atom. The van der Waals surface area contributed by atoms with Gasteiger partial charge in [-0.1, -0.05) is 6.08 Å². The molecule has 0 saturated heterocycles. The van der Waals surface area contributed by atoms with Crippen molar-refractivity contribution in [1.29, 1.82) is 0 Å². The molecule has 0 aromatic carbocycles. The summed E-state index contributed by atoms with van der Waals surface area (Å²) in [6.45, 7) is 3.68. The van der Waals surface area contributed by atoms with E-state index in [0.717, 1.165) is 0 Å². The highest BCUT2D eigenvalue weighted by Gasteiger charge is 1.95. The minimum Gasteiger partial charge on any atom is -0.326 e. The van der Waals surface area contributed by atoms with Crippen molar-refractivity contribution >= 4 is 5.78 Å². The smallest absolute Gasteiger partial charge is 0.156 e. The monoisotopic (exact) mass is 113 g/mol. The molecule has 2 heteroatoms. The van der Waals surface area contributed by atoms with Crippen LogP contribution in [0.25, 0.3) is 0 Å². The second kappa shape index (κ2) is 3.38. The molecule has 0 spiro atoms. The molecule has 2 N–H and O–H groups in total. The van der Waals surface area contributed by atoms with E-state index in [2.05, 4.69) is 0 Å². The van der Waals surface area contributed by atoms with Crippen molar-refractivity contribution in [3.05, 3.63) is 11.6 Å². The highest BCUT2D eigenvalue weighted by molar-refractivity contribution is 5.93. The zero-order valence-electron chi connectivity index (χ0n) is 5.27. The first-order valence-electron chi connectivity index (χ1n) is 2.58. The molecule has 2 nitrogen and oxygen atoms in total. The molecule has 0 bridgehead atoms. The maximum Gasteiger partial charge on any atom is 0.156 e. The van der Waals surface area contributed by atoms with Crippen LogP contribution in [0.15, 0.2) is 11.6 Å². The van der Waals surface area contributed by atoms with Crippen LogP contribution in [0, 0.1) is 0 Å². The van der Waals surface area contributed by atoms with E-state index in [0.29, 0.717) is 12.1 Å². The summed E-state index contributed by atoms with van der Waals surface area (Å²) in [6.07, 6.45) is 1.74. The maximum absolute atomic E-state index is 10.5. The van der Waals surface area contributed by atoms with Gasteiger partial charge >= 0.3 is 0 Å². The van der Waals surface area contributed by atoms with E-state index in [-0.39, 0.29) is 5.78 Å². The van der Waals surface area contributed by atoms with Crippen molar-refractivity contribution in [3.8, 4) is 0 Å². The molecule has 0 heterocycles. The summed E-state index contributed by atoms with van der Waals surface area (Å²) in [6, 6.07) is 0. The Hall–Kier alpha value is -0.630. The number of carbonyl (C=O) groups is 1. The lowest BCUT2D eigenvalue weighted by Crippen LogP contribution is -2.09. The summed E-state index contributed by atoms with van der Waals surface area (Å²) >= 11 is 0. The summed E-state index contributed by atoms with van der Waals surface area (Å²) < 4.78 is 0. The van der Waals surface area contributed by atoms with Crippen LogP contribution in [-0.4, -0.2) is 12.3 Å². The van der Waals surface area contributed by atoms with Crippen LogP contribution < -0.4 is 5.73 Å². The van der Waals surface area contributed by atoms with E-state index < -0.39 is 0 Å². The Bertz CT molecular complexity index is 116. The SMILES string of the molecule is C/C=C(/CN)C(C)=O. The number of ketones is 1. The third-order valence-corrected chi connectivity index (χ3v) is 1.02. The Balaban J connectivity index is 3.92. The molecule has 0 amide bonds. The van der Waals surface area contributed by atoms with Gasteiger partial charge in [0.15, 0.2) is 5.78 Å². The fraction of sp³-hybridized carbons (Fsp3) is 0.500. The van der Waals surface area contributed by atoms with E-state index >= 15 is 0 Å². The van der Waals surface area contributed by atoms with E-state index in [1.807, 2.05) is 6.92 Å². The van der Waals surface area contributed by atoms with Crippen LogP contribution in [0.1, 0.15) is 13.8 Å². The number of carbonyl (C=O) groups excluding carboxylic acids is 1. The zero-order chi connectivity index (χ0) is 6.57. The van der Waals surface area contributed by atoms with Crippen LogP contribution >= 0.6 is 0 Å². The lowest BCUT2D eigenvalue weighted by atomic mass is 10.2. The van der Waals surface area contributed by atoms with Gasteiger partial charge in [-0.05, 0) is 13.8 Å². The van der Waals surface area contributed by atoms with E-state index in [1.165, 1.54) is 6.92 Å². The maximum atomic E-state index is 10.5. The van der Waals surface area contributed by atoms with Crippen LogP contribution in [0.5, 0.6) is 0 Å². The largest absolute Gasteiger partial charge is 0.326 e. The van der Waals surface area contributed by atoms with Crippen LogP contribution in [0.2, 0.25) is 0 Å². The van der Waals surface area contributed by atoms with Crippen molar-refractivity contribution in [3.63, 3.8) is 0 Å². The van der Waals surface area contributed by atoms with Crippen LogP contribution in [0.4, 0.5) is 0 Å². The molecule has 0 atom stereocenters. The number of allylic oxidation sites excluding steroid dienone is 1. The average Bonchev–Trinajstić information content (AvgIpc) is 1.69. The number of hydrogen-bond donors (Lipinski definition) is 1. The molecular weight excluding hydrogens is 102 g/mol. The van der Waals surface area contributed by atoms with Gasteiger partial charge in [0.2, 0.25) is 0 Å². The lowest BCUT2D eigenvalue weighted by molar-refractivity contribution is -0.113. The predicted octanol–water partition coefficient (Wildman–Crippen LogP) is 0.480. The first-order chi connectivity index (χ1) is 3.72. The van der Waals surface area contributed by atoms with Crippen molar-refractivity contribution in [1.82, 2.24) is 0 Å². The van der Waals surface area contributed by atoms with Gasteiger partial charge in [0.05, 0.1) is 0 Å². The minimum absolute atomic E-state index is 0.0648. The minimum atomic E-state index is 0.0648. The van der Waals surface area contributed by atoms with Gasteiger partial charge in [0, 0.05) is 12.1 Å². The van der Waals surface area contributed by atoms with Gasteiger partial charge in [-0.2, -0.15) is 0 Å². The Morgan fingerprint density at radius 3 is 2.25 bits per heavy atom. The van der Waals surface area contributed by atoms with Gasteiger partial charge in [-0.15, -0.1) is 0 Å². The molecule has 0 aromatic rings. The molecule has 8 heavy (non-hydrogen) atoms. The van der Waals surface area contributed by atoms with Gasteiger partial charge in [0.25, 0.3) is 0 Å². The third-order valence-electron chi connectivity index (χ3n) is 1.02. The molecule has 0 aromatic heterocycles. The second-order valence-corrected chi connectivity index (χ2v) is 1.57. The van der Waals surface area contributed by atoms with Gasteiger partial charge < -0.3 is 5.73 Å². The number of rotatable bonds is 2. The highest BCUT2D eigenvalue weighted by Crippen LogP contribution is 1.90. The molecule has 0 unspecified atom stereocenters. The molecule has 0 radical (unpaired) electrons. The van der Waals surface area contributed by atoms with Gasteiger partial charge in [0.1, 0.15) is 0 Å². The number of Topliss-reactive ketones (excluding diaryl/α,β-unsaturated/α-hetero) is 1. The van der Waals surface area contributed by atoms with Crippen LogP contribution in [0.3, 0.4) is 0 Å². The van der Waals surface area contributed by atoms with Crippen molar-refractivity contribution in [2.75, 3.05) is 6.54 Å². The standard InChI is InChI=1S/C6H11NO/c1-3-6(4-7)5(2)8/h3H,4,7H2,1-2H3/b6-3-. The van der Waals surface area contributed by atoms with Crippen molar-refractivity contribution < 1.29 is 4.79 Å². The molecule has 0 aliphatic rings. The fourth-order valence-corrected chi connectivity index (χ4v) is 0.465. The Morgan fingerprint density at radius 2 is 2.25 bits per heavy atom. The summed E-state index contributed by atoms with van der Waals surface area (Å²) in [5, 5.41) is 0. The quantitative estimate of drug-likeness (QED) is 0.529. The lowest BCUT2D eigenvalue weighted by Gasteiger charge is -1.93. The predicted molar refractivity (Wildman–Crippen MR) is 33.5 cm³/mol. The topological polar surface area (TPSA) is 43.1 Å². The molecule has 0 rings (SSSR count). The molecule has 0 aliphatic heterocycles. The van der Waals surface area contributed by atoms with E-state index in [9.17, 15) is 4.79 Å². The Labute approximate surface area is 49.4 Å². The molecule has 0 aliphatic carbocycles. The Kier molecular flexibility index (Phi) is 3.12. The van der Waals surface area contributed by atoms with E-state index in [1.54, 1.807) is 6.08 Å². The number of hydrogen-bond acceptors (Lipinski definition) is 2. The first kappa shape index (κ1) is 7.37. The summed E-state index contributed by atoms with van der Waals surface area (Å²) in [5.74, 6) is 0.0648. The highest BCUT2D eigenvalue weighted by atomic mass is 16.1. The normalized spacial score (nSPS) is 11.6. The average molecular weight is 113 g/mol. The summed E-state index contributed by atoms with van der Waals surface area (Å²) in [4.78, 5) is 10.5. The molecule has 0 saturated carbocycles. The third kappa shape index (κ3) is 1.89. The summed E-state index contributed by atoms with van der Waals surface area (Å²) in [7, 11) is 0. The van der Waals surface area contributed by atoms with E-state index in [4.69, 9.17) is 5.73 Å². The van der Waals surface area contributed by atoms with Crippen molar-refractivity contribution in [2.24, 2.45) is 5.73 Å². The molecule has 46 valence electrons. The second-order valence-electron chi connectivity index (χ2n) is 1.57. The molecule has 0 fully saturated rings. The van der Waals surface area contributed by atoms with Gasteiger partial charge in [-0.3, -0.25) is 4.79 Å². The van der Waals surface area contributed by atoms with Gasteiger partial charge in [-0.25, -0.2) is 0 Å². The zero-order valence-corrected chi connectivity index (χ0v) is 5.27.